The first-order valence-electron chi connectivity index (χ1n) is 17.8. The summed E-state index contributed by atoms with van der Waals surface area (Å²) >= 11 is 0. The van der Waals surface area contributed by atoms with E-state index in [9.17, 15) is 9.90 Å². The molecule has 0 atom stereocenters. The van der Waals surface area contributed by atoms with Gasteiger partial charge in [0.25, 0.3) is 0 Å². The second kappa shape index (κ2) is 17.9. The topological polar surface area (TPSA) is 63.3 Å². The molecular formula is C44H54IrNO3-. The fourth-order valence-corrected chi connectivity index (χ4v) is 6.48. The molecule has 0 aliphatic heterocycles. The molecule has 0 amide bonds. The number of benzene rings is 3. The summed E-state index contributed by atoms with van der Waals surface area (Å²) in [7, 11) is 0. The standard InChI is InChI=1S/C31H30NO.C13H24O2.Ir/c1-20(2)16-22-10-11-26(30-27(22)13-15-33-30)23-12-14-32-29(19-23)24-17-21-8-6-7-9-25(21)28(18-24)31(3,4)5;1-5-10(6-2)12(14)9-13(15)11(7-3)8-4;/h6-15,18-20H,16H2,1-5H3;9-11,14H,5-8H2,1-4H3;/q-1;;/b;12-9-;. The molecule has 0 aliphatic rings. The summed E-state index contributed by atoms with van der Waals surface area (Å²) in [6.07, 6.45) is 9.64. The van der Waals surface area contributed by atoms with Crippen LogP contribution in [0.2, 0.25) is 0 Å². The van der Waals surface area contributed by atoms with E-state index in [2.05, 4.69) is 101 Å². The summed E-state index contributed by atoms with van der Waals surface area (Å²) in [5.74, 6) is 1.15. The molecule has 0 bridgehead atoms. The number of ketones is 1. The smallest absolute Gasteiger partial charge is 0.162 e. The number of aliphatic hydroxyl groups excluding tert-OH is 1. The molecular weight excluding hydrogens is 783 g/mol. The molecule has 2 aromatic heterocycles. The fraction of sp³-hybridized carbons (Fsp3) is 0.409. The summed E-state index contributed by atoms with van der Waals surface area (Å²) < 4.78 is 5.96. The van der Waals surface area contributed by atoms with E-state index in [0.717, 1.165) is 65.5 Å². The van der Waals surface area contributed by atoms with Gasteiger partial charge in [0.1, 0.15) is 5.58 Å². The number of hydrogen-bond acceptors (Lipinski definition) is 4. The van der Waals surface area contributed by atoms with Crippen LogP contribution in [0.15, 0.2) is 89.4 Å². The van der Waals surface area contributed by atoms with Gasteiger partial charge in [-0.15, -0.1) is 29.1 Å². The minimum absolute atomic E-state index is 0. The summed E-state index contributed by atoms with van der Waals surface area (Å²) in [5.41, 5.74) is 7.77. The van der Waals surface area contributed by atoms with Crippen LogP contribution in [0.5, 0.6) is 0 Å². The third kappa shape index (κ3) is 9.80. The Morgan fingerprint density at radius 1 is 0.898 bits per heavy atom. The third-order valence-electron chi connectivity index (χ3n) is 9.35. The van der Waals surface area contributed by atoms with Crippen LogP contribution in [-0.4, -0.2) is 15.9 Å². The molecule has 0 spiro atoms. The van der Waals surface area contributed by atoms with Crippen LogP contribution in [0.3, 0.4) is 0 Å². The molecule has 5 heteroatoms. The summed E-state index contributed by atoms with van der Waals surface area (Å²) in [4.78, 5) is 16.4. The number of rotatable bonds is 11. The van der Waals surface area contributed by atoms with Crippen LogP contribution in [0.1, 0.15) is 99.1 Å². The van der Waals surface area contributed by atoms with Gasteiger partial charge in [-0.2, -0.15) is 0 Å². The van der Waals surface area contributed by atoms with Crippen LogP contribution >= 0.6 is 0 Å². The van der Waals surface area contributed by atoms with Crippen LogP contribution < -0.4 is 0 Å². The number of carbonyl (C=O) groups is 1. The second-order valence-electron chi connectivity index (χ2n) is 14.4. The van der Waals surface area contributed by atoms with Crippen molar-refractivity contribution in [3.05, 3.63) is 102 Å². The SMILES string of the molecule is CC(C)Cc1ccc(-c2ccnc(-c3[c-]c4ccccc4c(C(C)(C)C)c3)c2)c2occc12.CCC(CC)C(=O)/C=C(\O)C(CC)CC.[Ir]. The number of allylic oxidation sites excluding steroid dienone is 2. The van der Waals surface area contributed by atoms with Crippen molar-refractivity contribution in [3.63, 3.8) is 0 Å². The van der Waals surface area contributed by atoms with Crippen molar-refractivity contribution in [1.82, 2.24) is 4.98 Å². The molecule has 4 nitrogen and oxygen atoms in total. The molecule has 1 radical (unpaired) electrons. The third-order valence-corrected chi connectivity index (χ3v) is 9.35. The molecule has 5 rings (SSSR count). The normalized spacial score (nSPS) is 12.0. The molecule has 0 saturated heterocycles. The maximum absolute atomic E-state index is 11.7. The van der Waals surface area contributed by atoms with Crippen molar-refractivity contribution < 1.29 is 34.4 Å². The minimum Gasteiger partial charge on any atom is -0.512 e. The van der Waals surface area contributed by atoms with Gasteiger partial charge >= 0.3 is 0 Å². The first-order valence-corrected chi connectivity index (χ1v) is 17.8. The van der Waals surface area contributed by atoms with Gasteiger partial charge in [0.05, 0.1) is 12.0 Å². The van der Waals surface area contributed by atoms with Gasteiger partial charge in [-0.1, -0.05) is 110 Å². The number of hydrogen-bond donors (Lipinski definition) is 1. The van der Waals surface area contributed by atoms with Gasteiger partial charge in [-0.05, 0) is 66.7 Å². The number of fused-ring (bicyclic) bond motifs is 2. The fourth-order valence-electron chi connectivity index (χ4n) is 6.48. The molecule has 0 unspecified atom stereocenters. The number of pyridine rings is 1. The summed E-state index contributed by atoms with van der Waals surface area (Å²) in [5, 5.41) is 13.3. The van der Waals surface area contributed by atoms with Crippen molar-refractivity contribution in [2.75, 3.05) is 0 Å². The van der Waals surface area contributed by atoms with Gasteiger partial charge in [0, 0.05) is 60.9 Å². The van der Waals surface area contributed by atoms with Crippen molar-refractivity contribution in [1.29, 1.82) is 0 Å². The average molecular weight is 837 g/mol. The van der Waals surface area contributed by atoms with E-state index < -0.39 is 0 Å². The molecule has 0 saturated carbocycles. The molecule has 0 aliphatic carbocycles. The Morgan fingerprint density at radius 3 is 2.20 bits per heavy atom. The maximum Gasteiger partial charge on any atom is 0.162 e. The molecule has 5 aromatic rings. The van der Waals surface area contributed by atoms with Gasteiger partial charge in [-0.3, -0.25) is 9.78 Å². The monoisotopic (exact) mass is 837 g/mol. The first-order chi connectivity index (χ1) is 22.9. The van der Waals surface area contributed by atoms with Crippen molar-refractivity contribution >= 4 is 27.5 Å². The molecule has 3 aromatic carbocycles. The van der Waals surface area contributed by atoms with Crippen LogP contribution in [0.4, 0.5) is 0 Å². The molecule has 2 heterocycles. The Bertz CT molecular complexity index is 1850. The van der Waals surface area contributed by atoms with E-state index in [1.807, 2.05) is 33.9 Å². The van der Waals surface area contributed by atoms with Gasteiger partial charge in [0.2, 0.25) is 0 Å². The number of aromatic nitrogens is 1. The van der Waals surface area contributed by atoms with Gasteiger partial charge < -0.3 is 9.52 Å². The Kier molecular flexibility index (Phi) is 14.6. The number of furan rings is 1. The van der Waals surface area contributed by atoms with Crippen LogP contribution in [0, 0.1) is 23.8 Å². The number of nitrogens with zero attached hydrogens (tertiary/aromatic N) is 1. The quantitative estimate of drug-likeness (QED) is 0.0818. The van der Waals surface area contributed by atoms with Crippen LogP contribution in [0.25, 0.3) is 44.1 Å². The van der Waals surface area contributed by atoms with Crippen molar-refractivity contribution in [2.45, 2.75) is 99.8 Å². The average Bonchev–Trinajstić information content (AvgIpc) is 3.56. The van der Waals surface area contributed by atoms with E-state index in [0.29, 0.717) is 5.92 Å². The van der Waals surface area contributed by atoms with E-state index in [4.69, 9.17) is 9.40 Å². The minimum atomic E-state index is 0. The zero-order chi connectivity index (χ0) is 35.0. The predicted octanol–water partition coefficient (Wildman–Crippen LogP) is 12.5. The maximum atomic E-state index is 11.7. The van der Waals surface area contributed by atoms with E-state index in [1.165, 1.54) is 28.0 Å². The first kappa shape index (κ1) is 39.9. The predicted molar refractivity (Wildman–Crippen MR) is 202 cm³/mol. The second-order valence-corrected chi connectivity index (χ2v) is 14.4. The van der Waals surface area contributed by atoms with E-state index in [1.54, 1.807) is 6.26 Å². The Balaban J connectivity index is 0.000000347. The van der Waals surface area contributed by atoms with Crippen molar-refractivity contribution in [2.24, 2.45) is 17.8 Å². The molecule has 0 fully saturated rings. The van der Waals surface area contributed by atoms with Crippen LogP contribution in [-0.2, 0) is 36.7 Å². The molecule has 1 N–H and O–H groups in total. The number of carbonyl (C=O) groups excluding carboxylic acids is 1. The zero-order valence-corrected chi connectivity index (χ0v) is 33.2. The Morgan fingerprint density at radius 2 is 1.57 bits per heavy atom. The number of aliphatic hydroxyl groups is 1. The van der Waals surface area contributed by atoms with Gasteiger partial charge in [-0.25, -0.2) is 0 Å². The van der Waals surface area contributed by atoms with Crippen molar-refractivity contribution in [3.8, 4) is 22.4 Å². The molecule has 263 valence electrons. The Hall–Kier alpha value is -3.53. The largest absolute Gasteiger partial charge is 0.512 e. The van der Waals surface area contributed by atoms with E-state index >= 15 is 0 Å². The summed E-state index contributed by atoms with van der Waals surface area (Å²) in [6.45, 7) is 19.3. The Labute approximate surface area is 307 Å². The van der Waals surface area contributed by atoms with Gasteiger partial charge in [0.15, 0.2) is 5.78 Å². The molecule has 49 heavy (non-hydrogen) atoms. The summed E-state index contributed by atoms with van der Waals surface area (Å²) in [6, 6.07) is 25.1. The zero-order valence-electron chi connectivity index (χ0n) is 30.8. The van der Waals surface area contributed by atoms with E-state index in [-0.39, 0.29) is 48.9 Å².